The maximum atomic E-state index is 15.4. The minimum absolute atomic E-state index is 0.000935. The van der Waals surface area contributed by atoms with E-state index in [1.165, 1.54) is 41.7 Å². The second kappa shape index (κ2) is 38.1. The van der Waals surface area contributed by atoms with Crippen molar-refractivity contribution in [3.05, 3.63) is 83.4 Å². The number of hydrogen-bond donors (Lipinski definition) is 16. The van der Waals surface area contributed by atoms with Gasteiger partial charge in [-0.2, -0.15) is 0 Å². The highest BCUT2D eigenvalue weighted by molar-refractivity contribution is 8.77. The standard InChI is InChI=1S/C63H87N17O15S4/c1-32(2)19-41-57(89)77-46-29-99-97-28-45(55(87)68-24-50(83)71-42(20-34-12-14-38(81)15-13-34)58(90)72-39(56(88)73-41)11-7-8-18-64)76-60(92)47(78-62(94)52(33(3)4)79-51(84)25-67-54(86)40-16-17-49(82)70-40)30-98-96-27-44(53(65)85)75-61(93)48-21-35-9-5-6-10-36(35)26-80(48)63(95)43(74-59(46)91)22-37-23-66-31-69-37/h5-6,9-10,12-15,23,31-33,39-48,52,81H,7-8,11,16-22,24-30,64H2,1-4H3,(H2,65,85)(H,66,69)(H,67,86)(H,68,87)(H,70,82)(H,71,83)(H,72,90)(H,73,88)(H,74,91)(H,75,93)(H,76,92)(H,77,89)(H,78,94)(H,79,84)/t39-,40-,41-,42-,43-,44-,45-,46-,47-,48-,52-/m0/s1. The third-order valence-electron chi connectivity index (χ3n) is 16.5. The molecule has 0 radical (unpaired) electrons. The maximum absolute atomic E-state index is 15.4. The highest BCUT2D eigenvalue weighted by Gasteiger charge is 2.42. The van der Waals surface area contributed by atoms with Crippen LogP contribution in [0.25, 0.3) is 0 Å². The fourth-order valence-electron chi connectivity index (χ4n) is 11.0. The maximum Gasteiger partial charge on any atom is 0.246 e. The van der Waals surface area contributed by atoms with E-state index < -0.39 is 162 Å². The molecule has 0 spiro atoms. The van der Waals surface area contributed by atoms with Gasteiger partial charge in [0.25, 0.3) is 0 Å². The van der Waals surface area contributed by atoms with E-state index in [-0.39, 0.29) is 98.6 Å². The molecule has 2 aromatic carbocycles. The summed E-state index contributed by atoms with van der Waals surface area (Å²) in [5, 5.41) is 41.8. The third-order valence-corrected chi connectivity index (χ3v) is 21.3. The first-order valence-electron chi connectivity index (χ1n) is 32.4. The zero-order valence-electron chi connectivity index (χ0n) is 55.1. The number of amides is 14. The first-order valence-corrected chi connectivity index (χ1v) is 37.4. The van der Waals surface area contributed by atoms with Crippen LogP contribution in [-0.4, -0.2) is 212 Å². The van der Waals surface area contributed by atoms with Crippen LogP contribution in [-0.2, 0) is 92.9 Å². The van der Waals surface area contributed by atoms with Gasteiger partial charge in [0.1, 0.15) is 72.2 Å². The molecule has 7 rings (SSSR count). The molecule has 5 heterocycles. The number of phenolic OH excluding ortho intramolecular Hbond substituents is 1. The van der Waals surface area contributed by atoms with Crippen molar-refractivity contribution in [2.75, 3.05) is 42.6 Å². The number of carbonyl (C=O) groups is 14. The molecule has 11 atom stereocenters. The van der Waals surface area contributed by atoms with Gasteiger partial charge in [-0.3, -0.25) is 67.1 Å². The Morgan fingerprint density at radius 2 is 1.31 bits per heavy atom. The number of carbonyl (C=O) groups excluding carboxylic acids is 14. The zero-order chi connectivity index (χ0) is 71.9. The molecule has 36 heteroatoms. The van der Waals surface area contributed by atoms with E-state index in [9.17, 15) is 62.6 Å². The molecule has 4 aliphatic heterocycles. The molecule has 0 saturated carbocycles. The van der Waals surface area contributed by atoms with Gasteiger partial charge in [-0.1, -0.05) is 107 Å². The summed E-state index contributed by atoms with van der Waals surface area (Å²) in [7, 11) is 3.78. The van der Waals surface area contributed by atoms with E-state index in [0.717, 1.165) is 43.2 Å². The molecule has 1 aromatic heterocycles. The molecule has 4 aliphatic rings. The number of hydrogen-bond acceptors (Lipinski definition) is 21. The number of H-pyrrole nitrogens is 1. The van der Waals surface area contributed by atoms with Crippen molar-refractivity contribution < 1.29 is 72.2 Å². The molecule has 3 fully saturated rings. The fraction of sp³-hybridized carbons (Fsp3) is 0.540. The zero-order valence-corrected chi connectivity index (χ0v) is 58.4. The number of nitrogens with one attached hydrogen (secondary N) is 13. The average molecular weight is 1450 g/mol. The quantitative estimate of drug-likeness (QED) is 0.0441. The van der Waals surface area contributed by atoms with Crippen LogP contribution in [0.15, 0.2) is 61.1 Å². The molecule has 99 heavy (non-hydrogen) atoms. The summed E-state index contributed by atoms with van der Waals surface area (Å²) in [6.45, 7) is 5.48. The largest absolute Gasteiger partial charge is 0.508 e. The number of aromatic hydroxyl groups is 1. The molecule has 538 valence electrons. The number of nitrogens with zero attached hydrogens (tertiary/aromatic N) is 2. The van der Waals surface area contributed by atoms with Crippen molar-refractivity contribution in [1.29, 1.82) is 0 Å². The highest BCUT2D eigenvalue weighted by atomic mass is 33.1. The Kier molecular flexibility index (Phi) is 29.9. The molecule has 2 bridgehead atoms. The van der Waals surface area contributed by atoms with Gasteiger partial charge >= 0.3 is 0 Å². The molecular formula is C63H87N17O15S4. The van der Waals surface area contributed by atoms with E-state index >= 15 is 9.59 Å². The van der Waals surface area contributed by atoms with Crippen molar-refractivity contribution >= 4 is 126 Å². The van der Waals surface area contributed by atoms with Crippen molar-refractivity contribution in [3.8, 4) is 5.75 Å². The number of benzene rings is 2. The van der Waals surface area contributed by atoms with Crippen molar-refractivity contribution in [2.24, 2.45) is 23.3 Å². The lowest BCUT2D eigenvalue weighted by molar-refractivity contribution is -0.145. The van der Waals surface area contributed by atoms with Gasteiger partial charge in [0.05, 0.1) is 19.4 Å². The van der Waals surface area contributed by atoms with Gasteiger partial charge in [-0.15, -0.1) is 0 Å². The topological polar surface area (TPSA) is 488 Å². The Hall–Kier alpha value is -8.61. The van der Waals surface area contributed by atoms with Crippen LogP contribution >= 0.6 is 43.2 Å². The first kappa shape index (κ1) is 77.7. The summed E-state index contributed by atoms with van der Waals surface area (Å²) < 4.78 is 0. The van der Waals surface area contributed by atoms with Crippen LogP contribution < -0.4 is 75.3 Å². The van der Waals surface area contributed by atoms with Gasteiger partial charge in [-0.25, -0.2) is 4.98 Å². The van der Waals surface area contributed by atoms with E-state index in [2.05, 4.69) is 73.8 Å². The summed E-state index contributed by atoms with van der Waals surface area (Å²) in [6.07, 6.45) is 3.42. The summed E-state index contributed by atoms with van der Waals surface area (Å²) in [5.74, 6) is -13.7. The van der Waals surface area contributed by atoms with E-state index in [4.69, 9.17) is 11.5 Å². The van der Waals surface area contributed by atoms with Crippen molar-refractivity contribution in [1.82, 2.24) is 78.7 Å². The van der Waals surface area contributed by atoms with Gasteiger partial charge in [0, 0.05) is 67.1 Å². The van der Waals surface area contributed by atoms with Gasteiger partial charge in [0.15, 0.2) is 0 Å². The Morgan fingerprint density at radius 1 is 0.667 bits per heavy atom. The molecule has 18 N–H and O–H groups in total. The fourth-order valence-corrected chi connectivity index (χ4v) is 15.7. The Labute approximate surface area is 587 Å². The number of aromatic nitrogens is 2. The second-order valence-electron chi connectivity index (χ2n) is 25.0. The molecule has 0 aliphatic carbocycles. The summed E-state index contributed by atoms with van der Waals surface area (Å²) in [6, 6.07) is -2.47. The third kappa shape index (κ3) is 23.8. The Balaban J connectivity index is 1.29. The average Bonchev–Trinajstić information content (AvgIpc) is 0.911. The molecule has 3 saturated heterocycles. The van der Waals surface area contributed by atoms with Crippen LogP contribution in [0.4, 0.5) is 0 Å². The molecule has 32 nitrogen and oxygen atoms in total. The normalized spacial score (nSPS) is 24.9. The number of rotatable bonds is 18. The summed E-state index contributed by atoms with van der Waals surface area (Å²) in [4.78, 5) is 207. The van der Waals surface area contributed by atoms with Crippen molar-refractivity contribution in [3.63, 3.8) is 0 Å². The first-order chi connectivity index (χ1) is 47.3. The molecule has 14 amide bonds. The second-order valence-corrected chi connectivity index (χ2v) is 30.1. The number of fused-ring (bicyclic) bond motifs is 7. The van der Waals surface area contributed by atoms with E-state index in [1.807, 2.05) is 0 Å². The highest BCUT2D eigenvalue weighted by Crippen LogP contribution is 2.29. The smallest absolute Gasteiger partial charge is 0.246 e. The number of unbranched alkanes of at least 4 members (excludes halogenated alkanes) is 1. The monoisotopic (exact) mass is 1450 g/mol. The van der Waals surface area contributed by atoms with Crippen LogP contribution in [0.2, 0.25) is 0 Å². The van der Waals surface area contributed by atoms with Crippen LogP contribution in [0, 0.1) is 11.8 Å². The summed E-state index contributed by atoms with van der Waals surface area (Å²) >= 11 is 0. The van der Waals surface area contributed by atoms with Gasteiger partial charge < -0.3 is 90.3 Å². The SMILES string of the molecule is CC(C)C[C@@H]1NC(=O)[C@H](CCCCN)NC(=O)[C@H](Cc2ccc(O)cc2)NC(=O)CNC(=O)[C@@H]2CSSC[C@H](NC1=O)C(=O)N[C@@H](Cc1cnc[nH]1)C(=O)N1Cc3ccccc3C[C@H]1C(=O)N[C@H](C(N)=O)CSSC[C@H](NC(=O)[C@@H](NC(=O)CNC(=O)[C@@H]1CCC(=O)N1)C(C)C)C(=O)N2. The Bertz CT molecular complexity index is 3410. The number of primary amides is 1. The minimum atomic E-state index is -1.59. The molecule has 0 unspecified atom stereocenters. The number of nitrogens with two attached hydrogens (primary N) is 2. The van der Waals surface area contributed by atoms with Gasteiger partial charge in [0.2, 0.25) is 82.7 Å². The number of phenols is 1. The van der Waals surface area contributed by atoms with Crippen molar-refractivity contribution in [2.45, 2.75) is 158 Å². The lowest BCUT2D eigenvalue weighted by Crippen LogP contribution is -2.62. The summed E-state index contributed by atoms with van der Waals surface area (Å²) in [5.41, 5.74) is 14.0. The number of aromatic amines is 1. The van der Waals surface area contributed by atoms with Crippen LogP contribution in [0.1, 0.15) is 88.6 Å². The van der Waals surface area contributed by atoms with E-state index in [0.29, 0.717) is 35.2 Å². The van der Waals surface area contributed by atoms with E-state index in [1.54, 1.807) is 52.0 Å². The minimum Gasteiger partial charge on any atom is -0.508 e. The van der Waals surface area contributed by atoms with Gasteiger partial charge in [-0.05, 0) is 79.3 Å². The molecule has 3 aromatic rings. The predicted molar refractivity (Wildman–Crippen MR) is 369 cm³/mol. The lowest BCUT2D eigenvalue weighted by Gasteiger charge is -2.38. The van der Waals surface area contributed by atoms with Crippen LogP contribution in [0.3, 0.4) is 0 Å². The molecular weight excluding hydrogens is 1360 g/mol. The number of imidazole rings is 1. The lowest BCUT2D eigenvalue weighted by atomic mass is 9.92. The van der Waals surface area contributed by atoms with Crippen LogP contribution in [0.5, 0.6) is 5.75 Å². The predicted octanol–water partition coefficient (Wildman–Crippen LogP) is -3.17. The Morgan fingerprint density at radius 3 is 1.97 bits per heavy atom.